The van der Waals surface area contributed by atoms with E-state index >= 15 is 0 Å². The van der Waals surface area contributed by atoms with Crippen LogP contribution in [0.3, 0.4) is 0 Å². The lowest BCUT2D eigenvalue weighted by atomic mass is 9.72. The summed E-state index contributed by atoms with van der Waals surface area (Å²) in [4.78, 5) is 16.7. The topological polar surface area (TPSA) is 91.7 Å². The SMILES string of the molecule is CC(C)(C)C1CCC(=NNC(=O)CN(c2cccnc2)S(=O)(=O)c2ccccc2)CC1. The maximum atomic E-state index is 13.2. The van der Waals surface area contributed by atoms with Crippen LogP contribution < -0.4 is 9.73 Å². The molecular formula is C23H30N4O3S. The molecule has 0 aliphatic heterocycles. The van der Waals surface area contributed by atoms with Crippen LogP contribution in [0, 0.1) is 11.3 Å². The molecule has 31 heavy (non-hydrogen) atoms. The Kier molecular flexibility index (Phi) is 7.10. The maximum Gasteiger partial charge on any atom is 0.264 e. The fourth-order valence-electron chi connectivity index (χ4n) is 3.77. The summed E-state index contributed by atoms with van der Waals surface area (Å²) < 4.78 is 27.4. The molecule has 166 valence electrons. The van der Waals surface area contributed by atoms with Gasteiger partial charge in [0.25, 0.3) is 15.9 Å². The van der Waals surface area contributed by atoms with Gasteiger partial charge in [0.1, 0.15) is 6.54 Å². The first-order chi connectivity index (χ1) is 14.7. The number of pyridine rings is 1. The molecule has 1 fully saturated rings. The predicted octanol–water partition coefficient (Wildman–Crippen LogP) is 3.99. The van der Waals surface area contributed by atoms with Crippen molar-refractivity contribution in [2.75, 3.05) is 10.8 Å². The summed E-state index contributed by atoms with van der Waals surface area (Å²) in [6.45, 7) is 6.37. The molecule has 0 spiro atoms. The van der Waals surface area contributed by atoms with Crippen LogP contribution in [0.1, 0.15) is 46.5 Å². The lowest BCUT2D eigenvalue weighted by Crippen LogP contribution is -2.40. The standard InChI is InChI=1S/C23H30N4O3S/c1-23(2,3)18-11-13-19(14-12-18)25-26-22(28)17-27(20-8-7-15-24-16-20)31(29,30)21-9-5-4-6-10-21/h4-10,15-16,18H,11-14,17H2,1-3H3,(H,26,28). The number of carbonyl (C=O) groups excluding carboxylic acids is 1. The second-order valence-electron chi connectivity index (χ2n) is 8.89. The first kappa shape index (κ1) is 22.9. The first-order valence-electron chi connectivity index (χ1n) is 10.5. The smallest absolute Gasteiger partial charge is 0.264 e. The maximum absolute atomic E-state index is 13.2. The van der Waals surface area contributed by atoms with Gasteiger partial charge in [0.05, 0.1) is 16.8 Å². The minimum absolute atomic E-state index is 0.110. The Labute approximate surface area is 184 Å². The van der Waals surface area contributed by atoms with Gasteiger partial charge in [-0.25, -0.2) is 13.8 Å². The molecule has 0 unspecified atom stereocenters. The molecule has 8 heteroatoms. The summed E-state index contributed by atoms with van der Waals surface area (Å²) in [5.74, 6) is 0.146. The normalized spacial score (nSPS) is 17.1. The van der Waals surface area contributed by atoms with Crippen molar-refractivity contribution in [2.45, 2.75) is 51.3 Å². The van der Waals surface area contributed by atoms with E-state index in [-0.39, 0.29) is 16.9 Å². The molecular weight excluding hydrogens is 412 g/mol. The number of nitrogens with zero attached hydrogens (tertiary/aromatic N) is 3. The van der Waals surface area contributed by atoms with Crippen LogP contribution in [-0.4, -0.2) is 31.6 Å². The minimum atomic E-state index is -3.93. The molecule has 0 saturated heterocycles. The highest BCUT2D eigenvalue weighted by molar-refractivity contribution is 7.92. The Morgan fingerprint density at radius 2 is 1.81 bits per heavy atom. The third-order valence-corrected chi connectivity index (χ3v) is 7.47. The lowest BCUT2D eigenvalue weighted by molar-refractivity contribution is -0.119. The number of sulfonamides is 1. The van der Waals surface area contributed by atoms with E-state index in [2.05, 4.69) is 36.3 Å². The van der Waals surface area contributed by atoms with Crippen molar-refractivity contribution in [2.24, 2.45) is 16.4 Å². The van der Waals surface area contributed by atoms with Crippen molar-refractivity contribution in [1.82, 2.24) is 10.4 Å². The van der Waals surface area contributed by atoms with Crippen LogP contribution in [0.15, 0.2) is 64.9 Å². The Morgan fingerprint density at radius 3 is 2.39 bits per heavy atom. The molecule has 1 N–H and O–H groups in total. The molecule has 1 aromatic carbocycles. The number of aromatic nitrogens is 1. The highest BCUT2D eigenvalue weighted by Crippen LogP contribution is 2.36. The van der Waals surface area contributed by atoms with Crippen molar-refractivity contribution in [1.29, 1.82) is 0 Å². The van der Waals surface area contributed by atoms with E-state index in [0.29, 0.717) is 11.6 Å². The third-order valence-electron chi connectivity index (χ3n) is 5.68. The van der Waals surface area contributed by atoms with Crippen LogP contribution in [0.4, 0.5) is 5.69 Å². The number of hydrogen-bond donors (Lipinski definition) is 1. The van der Waals surface area contributed by atoms with E-state index in [0.717, 1.165) is 35.7 Å². The summed E-state index contributed by atoms with van der Waals surface area (Å²) >= 11 is 0. The zero-order chi connectivity index (χ0) is 22.5. The average Bonchev–Trinajstić information content (AvgIpc) is 2.77. The number of hydrazone groups is 1. The Balaban J connectivity index is 1.72. The van der Waals surface area contributed by atoms with E-state index in [1.54, 1.807) is 36.5 Å². The van der Waals surface area contributed by atoms with Crippen LogP contribution in [0.2, 0.25) is 0 Å². The van der Waals surface area contributed by atoms with Gasteiger partial charge in [0.2, 0.25) is 0 Å². The van der Waals surface area contributed by atoms with Crippen molar-refractivity contribution in [3.63, 3.8) is 0 Å². The Bertz CT molecular complexity index is 1010. The lowest BCUT2D eigenvalue weighted by Gasteiger charge is -2.34. The van der Waals surface area contributed by atoms with E-state index in [1.807, 2.05) is 0 Å². The molecule has 1 aliphatic rings. The van der Waals surface area contributed by atoms with Gasteiger partial charge >= 0.3 is 0 Å². The van der Waals surface area contributed by atoms with Gasteiger partial charge in [0, 0.05) is 11.9 Å². The third kappa shape index (κ3) is 5.91. The van der Waals surface area contributed by atoms with Crippen molar-refractivity contribution >= 4 is 27.3 Å². The van der Waals surface area contributed by atoms with E-state index < -0.39 is 15.9 Å². The highest BCUT2D eigenvalue weighted by atomic mass is 32.2. The van der Waals surface area contributed by atoms with E-state index in [1.165, 1.54) is 18.3 Å². The Morgan fingerprint density at radius 1 is 1.13 bits per heavy atom. The summed E-state index contributed by atoms with van der Waals surface area (Å²) in [5, 5.41) is 4.28. The number of nitrogens with one attached hydrogen (secondary N) is 1. The van der Waals surface area contributed by atoms with Gasteiger partial charge in [0.15, 0.2) is 0 Å². The molecule has 3 rings (SSSR count). The van der Waals surface area contributed by atoms with Crippen molar-refractivity contribution < 1.29 is 13.2 Å². The molecule has 1 saturated carbocycles. The van der Waals surface area contributed by atoms with Gasteiger partial charge in [-0.1, -0.05) is 39.0 Å². The minimum Gasteiger partial charge on any atom is -0.271 e. The van der Waals surface area contributed by atoms with Crippen LogP contribution in [0.5, 0.6) is 0 Å². The summed E-state index contributed by atoms with van der Waals surface area (Å²) in [6, 6.07) is 11.3. The first-order valence-corrected chi connectivity index (χ1v) is 11.9. The van der Waals surface area contributed by atoms with Crippen LogP contribution >= 0.6 is 0 Å². The number of rotatable bonds is 6. The molecule has 0 radical (unpaired) electrons. The van der Waals surface area contributed by atoms with E-state index in [4.69, 9.17) is 0 Å². The number of anilines is 1. The second-order valence-corrected chi connectivity index (χ2v) is 10.8. The molecule has 7 nitrogen and oxygen atoms in total. The van der Waals surface area contributed by atoms with Crippen molar-refractivity contribution in [3.8, 4) is 0 Å². The van der Waals surface area contributed by atoms with Crippen LogP contribution in [-0.2, 0) is 14.8 Å². The fraction of sp³-hybridized carbons (Fsp3) is 0.435. The number of hydrogen-bond acceptors (Lipinski definition) is 5. The summed E-state index contributed by atoms with van der Waals surface area (Å²) in [6.07, 6.45) is 6.75. The molecule has 1 heterocycles. The monoisotopic (exact) mass is 442 g/mol. The van der Waals surface area contributed by atoms with Gasteiger partial charge in [-0.3, -0.25) is 14.1 Å². The predicted molar refractivity (Wildman–Crippen MR) is 122 cm³/mol. The zero-order valence-electron chi connectivity index (χ0n) is 18.3. The zero-order valence-corrected chi connectivity index (χ0v) is 19.1. The summed E-state index contributed by atoms with van der Waals surface area (Å²) in [7, 11) is -3.93. The van der Waals surface area contributed by atoms with Gasteiger partial charge in [-0.05, 0) is 61.3 Å². The van der Waals surface area contributed by atoms with E-state index in [9.17, 15) is 13.2 Å². The molecule has 2 aromatic rings. The van der Waals surface area contributed by atoms with Crippen LogP contribution in [0.25, 0.3) is 0 Å². The molecule has 1 aliphatic carbocycles. The average molecular weight is 443 g/mol. The number of benzene rings is 1. The Hall–Kier alpha value is -2.74. The molecule has 1 amide bonds. The molecule has 1 aromatic heterocycles. The van der Waals surface area contributed by atoms with Gasteiger partial charge < -0.3 is 0 Å². The number of amides is 1. The van der Waals surface area contributed by atoms with Crippen molar-refractivity contribution in [3.05, 3.63) is 54.9 Å². The molecule has 0 bridgehead atoms. The largest absolute Gasteiger partial charge is 0.271 e. The number of carbonyl (C=O) groups is 1. The highest BCUT2D eigenvalue weighted by Gasteiger charge is 2.29. The summed E-state index contributed by atoms with van der Waals surface area (Å²) in [5.41, 5.74) is 4.09. The van der Waals surface area contributed by atoms with Gasteiger partial charge in [-0.2, -0.15) is 5.10 Å². The van der Waals surface area contributed by atoms with Gasteiger partial charge in [-0.15, -0.1) is 0 Å². The quantitative estimate of drug-likeness (QED) is 0.685. The second kappa shape index (κ2) is 9.60. The molecule has 0 atom stereocenters. The fourth-order valence-corrected chi connectivity index (χ4v) is 5.20.